The fraction of sp³-hybridized carbons (Fsp3) is 0.750. The van der Waals surface area contributed by atoms with E-state index in [9.17, 15) is 14.4 Å². The summed E-state index contributed by atoms with van der Waals surface area (Å²) in [5, 5.41) is 0. The summed E-state index contributed by atoms with van der Waals surface area (Å²) in [5.41, 5.74) is 0. The smallest absolute Gasteiger partial charge is 0.303 e. The van der Waals surface area contributed by atoms with Crippen molar-refractivity contribution in [2.45, 2.75) is 45.4 Å². The summed E-state index contributed by atoms with van der Waals surface area (Å²) < 4.78 is 25.5. The lowest BCUT2D eigenvalue weighted by molar-refractivity contribution is -0.274. The second kappa shape index (κ2) is 7.20. The van der Waals surface area contributed by atoms with E-state index >= 15 is 0 Å². The summed E-state index contributed by atoms with van der Waals surface area (Å²) in [7, 11) is 1.36. The number of esters is 3. The summed E-state index contributed by atoms with van der Waals surface area (Å²) in [6, 6.07) is 0. The van der Waals surface area contributed by atoms with Gasteiger partial charge in [-0.05, 0) is 0 Å². The number of carbonyl (C=O) groups is 3. The lowest BCUT2D eigenvalue weighted by Crippen LogP contribution is -2.57. The molecule has 0 bridgehead atoms. The summed E-state index contributed by atoms with van der Waals surface area (Å²) in [5.74, 6) is -1.75. The third-order valence-electron chi connectivity index (χ3n) is 2.54. The Morgan fingerprint density at radius 2 is 1.40 bits per heavy atom. The van der Waals surface area contributed by atoms with E-state index in [0.717, 1.165) is 0 Å². The van der Waals surface area contributed by atoms with Gasteiger partial charge in [0.1, 0.15) is 0 Å². The minimum Gasteiger partial charge on any atom is -0.456 e. The van der Waals surface area contributed by atoms with Gasteiger partial charge in [-0.15, -0.1) is 0 Å². The zero-order chi connectivity index (χ0) is 15.3. The van der Waals surface area contributed by atoms with Crippen LogP contribution in [0.15, 0.2) is 0 Å². The van der Waals surface area contributed by atoms with Crippen LogP contribution in [0.4, 0.5) is 0 Å². The van der Waals surface area contributed by atoms with Gasteiger partial charge in [-0.1, -0.05) is 0 Å². The van der Waals surface area contributed by atoms with Gasteiger partial charge in [-0.25, -0.2) is 0 Å². The molecule has 2 unspecified atom stereocenters. The average molecular weight is 290 g/mol. The van der Waals surface area contributed by atoms with Crippen LogP contribution in [-0.2, 0) is 38.1 Å². The van der Waals surface area contributed by atoms with Crippen molar-refractivity contribution < 1.29 is 38.1 Å². The van der Waals surface area contributed by atoms with Gasteiger partial charge in [0, 0.05) is 27.9 Å². The largest absolute Gasteiger partial charge is 0.456 e. The van der Waals surface area contributed by atoms with Crippen LogP contribution >= 0.6 is 0 Å². The fourth-order valence-corrected chi connectivity index (χ4v) is 1.91. The molecule has 0 radical (unpaired) electrons. The molecular weight excluding hydrogens is 272 g/mol. The Labute approximate surface area is 116 Å². The Morgan fingerprint density at radius 3 is 1.85 bits per heavy atom. The molecule has 1 fully saturated rings. The van der Waals surface area contributed by atoms with E-state index < -0.39 is 42.5 Å². The SMILES string of the molecule is COC1OC[C@@H](OC(C)=O)[C@@H](OC(C)=O)C1OC(C)=O. The van der Waals surface area contributed by atoms with Crippen LogP contribution in [0.5, 0.6) is 0 Å². The van der Waals surface area contributed by atoms with Crippen molar-refractivity contribution in [2.24, 2.45) is 0 Å². The molecule has 1 saturated heterocycles. The van der Waals surface area contributed by atoms with Gasteiger partial charge in [0.15, 0.2) is 24.6 Å². The summed E-state index contributed by atoms with van der Waals surface area (Å²) in [4.78, 5) is 33.4. The maximum Gasteiger partial charge on any atom is 0.303 e. The van der Waals surface area contributed by atoms with E-state index in [1.807, 2.05) is 0 Å². The highest BCUT2D eigenvalue weighted by Crippen LogP contribution is 2.24. The van der Waals surface area contributed by atoms with E-state index in [1.165, 1.54) is 27.9 Å². The molecule has 1 rings (SSSR count). The van der Waals surface area contributed by atoms with Crippen molar-refractivity contribution in [1.82, 2.24) is 0 Å². The summed E-state index contributed by atoms with van der Waals surface area (Å²) in [6.07, 6.45) is -3.78. The summed E-state index contributed by atoms with van der Waals surface area (Å²) >= 11 is 0. The first-order valence-electron chi connectivity index (χ1n) is 6.01. The zero-order valence-electron chi connectivity index (χ0n) is 11.8. The van der Waals surface area contributed by atoms with Crippen LogP contribution in [0.3, 0.4) is 0 Å². The lowest BCUT2D eigenvalue weighted by Gasteiger charge is -2.39. The predicted octanol–water partition coefficient (Wildman–Crippen LogP) is -0.216. The van der Waals surface area contributed by atoms with E-state index in [1.54, 1.807) is 0 Å². The Morgan fingerprint density at radius 1 is 0.900 bits per heavy atom. The molecule has 4 atom stereocenters. The normalized spacial score (nSPS) is 29.4. The van der Waals surface area contributed by atoms with E-state index in [-0.39, 0.29) is 6.61 Å². The van der Waals surface area contributed by atoms with Gasteiger partial charge in [0.2, 0.25) is 0 Å². The second-order valence-corrected chi connectivity index (χ2v) is 4.23. The number of methoxy groups -OCH3 is 1. The van der Waals surface area contributed by atoms with Crippen molar-refractivity contribution in [2.75, 3.05) is 13.7 Å². The van der Waals surface area contributed by atoms with Gasteiger partial charge < -0.3 is 23.7 Å². The van der Waals surface area contributed by atoms with Crippen molar-refractivity contribution in [3.63, 3.8) is 0 Å². The minimum absolute atomic E-state index is 0.0339. The average Bonchev–Trinajstić information content (AvgIpc) is 2.31. The maximum absolute atomic E-state index is 11.2. The summed E-state index contributed by atoms with van der Waals surface area (Å²) in [6.45, 7) is 3.59. The first kappa shape index (κ1) is 16.4. The molecular formula is C12H18O8. The third-order valence-corrected chi connectivity index (χ3v) is 2.54. The molecule has 1 aliphatic rings. The number of carbonyl (C=O) groups excluding carboxylic acids is 3. The van der Waals surface area contributed by atoms with E-state index in [2.05, 4.69) is 0 Å². The van der Waals surface area contributed by atoms with Gasteiger partial charge in [0.05, 0.1) is 6.61 Å². The van der Waals surface area contributed by atoms with Crippen LogP contribution in [0.25, 0.3) is 0 Å². The number of rotatable bonds is 4. The highest BCUT2D eigenvalue weighted by molar-refractivity contribution is 5.68. The molecule has 1 aliphatic heterocycles. The molecule has 0 aliphatic carbocycles. The topological polar surface area (TPSA) is 97.4 Å². The van der Waals surface area contributed by atoms with Crippen molar-refractivity contribution in [3.05, 3.63) is 0 Å². The van der Waals surface area contributed by atoms with Crippen molar-refractivity contribution in [1.29, 1.82) is 0 Å². The van der Waals surface area contributed by atoms with Crippen LogP contribution in [0.1, 0.15) is 20.8 Å². The second-order valence-electron chi connectivity index (χ2n) is 4.23. The molecule has 0 N–H and O–H groups in total. The van der Waals surface area contributed by atoms with Crippen LogP contribution in [0, 0.1) is 0 Å². The van der Waals surface area contributed by atoms with E-state index in [0.29, 0.717) is 0 Å². The molecule has 0 aromatic rings. The lowest BCUT2D eigenvalue weighted by atomic mass is 10.0. The highest BCUT2D eigenvalue weighted by Gasteiger charge is 2.47. The quantitative estimate of drug-likeness (QED) is 0.518. The Bertz CT molecular complexity index is 380. The van der Waals surface area contributed by atoms with Gasteiger partial charge in [0.25, 0.3) is 0 Å². The minimum atomic E-state index is -1.01. The molecule has 0 amide bonds. The van der Waals surface area contributed by atoms with Gasteiger partial charge in [-0.2, -0.15) is 0 Å². The van der Waals surface area contributed by atoms with Gasteiger partial charge in [-0.3, -0.25) is 14.4 Å². The maximum atomic E-state index is 11.2. The standard InChI is InChI=1S/C12H18O8/c1-6(13)18-9-5-17-12(16-4)11(20-8(3)15)10(9)19-7(2)14/h9-12H,5H2,1-4H3/t9-,10-,11?,12?/m1/s1. The Balaban J connectivity index is 2.95. The molecule has 114 valence electrons. The third kappa shape index (κ3) is 4.46. The van der Waals surface area contributed by atoms with Crippen LogP contribution in [0.2, 0.25) is 0 Å². The monoisotopic (exact) mass is 290 g/mol. The number of hydrogen-bond acceptors (Lipinski definition) is 8. The Hall–Kier alpha value is -1.67. The van der Waals surface area contributed by atoms with E-state index in [4.69, 9.17) is 23.7 Å². The molecule has 20 heavy (non-hydrogen) atoms. The van der Waals surface area contributed by atoms with Crippen molar-refractivity contribution >= 4 is 17.9 Å². The van der Waals surface area contributed by atoms with Crippen LogP contribution < -0.4 is 0 Å². The molecule has 0 saturated carbocycles. The fourth-order valence-electron chi connectivity index (χ4n) is 1.91. The highest BCUT2D eigenvalue weighted by atomic mass is 16.7. The number of hydrogen-bond donors (Lipinski definition) is 0. The van der Waals surface area contributed by atoms with Crippen molar-refractivity contribution in [3.8, 4) is 0 Å². The molecule has 1 heterocycles. The van der Waals surface area contributed by atoms with Crippen LogP contribution in [-0.4, -0.2) is 56.2 Å². The molecule has 8 nitrogen and oxygen atoms in total. The first-order valence-corrected chi connectivity index (χ1v) is 6.01. The Kier molecular flexibility index (Phi) is 5.90. The molecule has 0 aromatic carbocycles. The van der Waals surface area contributed by atoms with Gasteiger partial charge >= 0.3 is 17.9 Å². The zero-order valence-corrected chi connectivity index (χ0v) is 11.8. The molecule has 0 spiro atoms. The predicted molar refractivity (Wildman–Crippen MR) is 63.4 cm³/mol. The molecule has 8 heteroatoms. The number of ether oxygens (including phenoxy) is 5. The molecule has 0 aromatic heterocycles. The first-order chi connectivity index (χ1) is 9.35.